The molecule has 2 atom stereocenters. The number of carboxylic acid groups (broad SMARTS) is 1. The molecule has 3 fully saturated rings. The Morgan fingerprint density at radius 3 is 2.48 bits per heavy atom. The van der Waals surface area contributed by atoms with E-state index in [0.29, 0.717) is 19.1 Å². The van der Waals surface area contributed by atoms with Crippen molar-refractivity contribution in [3.8, 4) is 0 Å². The van der Waals surface area contributed by atoms with Gasteiger partial charge in [0.2, 0.25) is 5.43 Å². The normalized spacial score (nSPS) is 24.9. The van der Waals surface area contributed by atoms with Crippen molar-refractivity contribution < 1.29 is 18.7 Å². The van der Waals surface area contributed by atoms with Gasteiger partial charge in [0.25, 0.3) is 0 Å². The molecular formula is C21H23F2N3O3. The molecule has 2 aromatic rings. The maximum absolute atomic E-state index is 15.7. The third-order valence-corrected chi connectivity index (χ3v) is 6.82. The average Bonchev–Trinajstić information content (AvgIpc) is 3.45. The number of fused-ring (bicyclic) bond motifs is 3. The number of pyridine rings is 1. The zero-order valence-corrected chi connectivity index (χ0v) is 16.2. The molecule has 3 heterocycles. The van der Waals surface area contributed by atoms with Crippen molar-refractivity contribution in [2.75, 3.05) is 25.0 Å². The number of hydrogen-bond acceptors (Lipinski definition) is 4. The number of aromatic nitrogens is 1. The van der Waals surface area contributed by atoms with Crippen LogP contribution in [0.2, 0.25) is 0 Å². The summed E-state index contributed by atoms with van der Waals surface area (Å²) in [5.41, 5.74) is -1.38. The fraction of sp³-hybridized carbons (Fsp3) is 0.524. The second kappa shape index (κ2) is 6.52. The molecule has 1 aromatic heterocycles. The molecule has 29 heavy (non-hydrogen) atoms. The summed E-state index contributed by atoms with van der Waals surface area (Å²) in [6, 6.07) is 1.64. The van der Waals surface area contributed by atoms with Crippen molar-refractivity contribution in [2.24, 2.45) is 0 Å². The zero-order chi connectivity index (χ0) is 20.4. The Kier molecular flexibility index (Phi) is 4.17. The number of rotatable bonds is 3. The van der Waals surface area contributed by atoms with Gasteiger partial charge in [-0.15, -0.1) is 0 Å². The molecule has 6 nitrogen and oxygen atoms in total. The van der Waals surface area contributed by atoms with Gasteiger partial charge in [-0.05, 0) is 45.2 Å². The number of carboxylic acids is 1. The third kappa shape index (κ3) is 2.84. The van der Waals surface area contributed by atoms with Gasteiger partial charge in [-0.3, -0.25) is 9.69 Å². The molecule has 0 radical (unpaired) electrons. The quantitative estimate of drug-likeness (QED) is 0.854. The van der Waals surface area contributed by atoms with Gasteiger partial charge in [0.15, 0.2) is 5.82 Å². The molecular weight excluding hydrogens is 380 g/mol. The molecule has 1 aliphatic carbocycles. The molecule has 8 heteroatoms. The number of hydrogen-bond donors (Lipinski definition) is 1. The Morgan fingerprint density at radius 1 is 1.10 bits per heavy atom. The maximum Gasteiger partial charge on any atom is 0.341 e. The first-order valence-electron chi connectivity index (χ1n) is 10.1. The van der Waals surface area contributed by atoms with Crippen LogP contribution in [0.4, 0.5) is 14.5 Å². The van der Waals surface area contributed by atoms with E-state index in [-0.39, 0.29) is 28.7 Å². The van der Waals surface area contributed by atoms with Gasteiger partial charge in [0.1, 0.15) is 17.1 Å². The van der Waals surface area contributed by atoms with Crippen LogP contribution < -0.4 is 10.3 Å². The molecule has 1 saturated carbocycles. The van der Waals surface area contributed by atoms with Crippen molar-refractivity contribution in [3.63, 3.8) is 0 Å². The van der Waals surface area contributed by atoms with Gasteiger partial charge >= 0.3 is 5.97 Å². The first-order chi connectivity index (χ1) is 13.9. The Labute approximate surface area is 166 Å². The largest absolute Gasteiger partial charge is 0.477 e. The molecule has 0 spiro atoms. The molecule has 3 aliphatic rings. The summed E-state index contributed by atoms with van der Waals surface area (Å²) in [6.07, 6.45) is 5.72. The Balaban J connectivity index is 1.70. The van der Waals surface area contributed by atoms with Gasteiger partial charge in [-0.2, -0.15) is 0 Å². The summed E-state index contributed by atoms with van der Waals surface area (Å²) in [5, 5.41) is 9.15. The van der Waals surface area contributed by atoms with Crippen LogP contribution in [0.5, 0.6) is 0 Å². The van der Waals surface area contributed by atoms with E-state index >= 15 is 8.78 Å². The summed E-state index contributed by atoms with van der Waals surface area (Å²) in [7, 11) is 2.07. The van der Waals surface area contributed by atoms with E-state index < -0.39 is 28.6 Å². The minimum atomic E-state index is -1.39. The summed E-state index contributed by atoms with van der Waals surface area (Å²) in [5.74, 6) is -2.96. The van der Waals surface area contributed by atoms with E-state index in [4.69, 9.17) is 0 Å². The molecule has 0 amide bonds. The minimum absolute atomic E-state index is 0.0154. The van der Waals surface area contributed by atoms with E-state index in [9.17, 15) is 14.7 Å². The van der Waals surface area contributed by atoms with Crippen LogP contribution in [0.1, 0.15) is 48.5 Å². The summed E-state index contributed by atoms with van der Waals surface area (Å²) < 4.78 is 32.4. The van der Waals surface area contributed by atoms with E-state index in [2.05, 4.69) is 11.9 Å². The summed E-state index contributed by atoms with van der Waals surface area (Å²) in [4.78, 5) is 28.1. The summed E-state index contributed by atoms with van der Waals surface area (Å²) >= 11 is 0. The first-order valence-corrected chi connectivity index (χ1v) is 10.1. The molecule has 5 rings (SSSR count). The molecule has 1 aromatic carbocycles. The lowest BCUT2D eigenvalue weighted by molar-refractivity contribution is 0.0695. The Morgan fingerprint density at radius 2 is 1.79 bits per heavy atom. The van der Waals surface area contributed by atoms with Crippen molar-refractivity contribution in [1.29, 1.82) is 0 Å². The lowest BCUT2D eigenvalue weighted by Gasteiger charge is -2.29. The molecule has 1 unspecified atom stereocenters. The van der Waals surface area contributed by atoms with E-state index in [1.54, 1.807) is 4.90 Å². The van der Waals surface area contributed by atoms with Crippen LogP contribution in [0, 0.1) is 11.6 Å². The number of anilines is 1. The van der Waals surface area contributed by atoms with E-state index in [1.807, 2.05) is 0 Å². The number of benzene rings is 1. The van der Waals surface area contributed by atoms with E-state index in [0.717, 1.165) is 38.2 Å². The smallest absolute Gasteiger partial charge is 0.341 e. The second-order valence-corrected chi connectivity index (χ2v) is 8.52. The molecule has 154 valence electrons. The van der Waals surface area contributed by atoms with Crippen LogP contribution in [-0.2, 0) is 0 Å². The van der Waals surface area contributed by atoms with Crippen LogP contribution >= 0.6 is 0 Å². The lowest BCUT2D eigenvalue weighted by Crippen LogP contribution is -2.37. The third-order valence-electron chi connectivity index (χ3n) is 6.82. The van der Waals surface area contributed by atoms with Crippen molar-refractivity contribution in [3.05, 3.63) is 39.7 Å². The topological polar surface area (TPSA) is 65.8 Å². The minimum Gasteiger partial charge on any atom is -0.477 e. The van der Waals surface area contributed by atoms with Gasteiger partial charge in [0.05, 0.1) is 10.9 Å². The fourth-order valence-corrected chi connectivity index (χ4v) is 5.03. The molecule has 1 N–H and O–H groups in total. The number of nitrogens with zero attached hydrogens (tertiary/aromatic N) is 3. The molecule has 2 bridgehead atoms. The fourth-order valence-electron chi connectivity index (χ4n) is 5.03. The average molecular weight is 403 g/mol. The Bertz CT molecular complexity index is 1080. The first kappa shape index (κ1) is 18.5. The van der Waals surface area contributed by atoms with Gasteiger partial charge in [-0.25, -0.2) is 13.6 Å². The van der Waals surface area contributed by atoms with Gasteiger partial charge < -0.3 is 14.6 Å². The molecule has 2 aliphatic heterocycles. The summed E-state index contributed by atoms with van der Waals surface area (Å²) in [6.45, 7) is 1.08. The molecule has 2 saturated heterocycles. The lowest BCUT2D eigenvalue weighted by atomic mass is 10.1. The number of likely N-dealkylation sites (N-methyl/N-ethyl adjacent to an activating group) is 1. The van der Waals surface area contributed by atoms with Crippen molar-refractivity contribution in [1.82, 2.24) is 9.47 Å². The standard InChI is InChI=1S/C21H23F2N3O3/c1-24-11-2-5-13(24)9-25(7-6-11)19-16(22)8-14-18(17(19)23)26(12-3-4-12)10-15(20(14)27)21(28)29/h8,10-13H,2-7,9H2,1H3,(H,28,29)/t11-,13?/m1/s1. The number of carbonyl (C=O) groups is 1. The number of halogens is 2. The van der Waals surface area contributed by atoms with Crippen molar-refractivity contribution in [2.45, 2.75) is 50.2 Å². The maximum atomic E-state index is 15.7. The van der Waals surface area contributed by atoms with E-state index in [1.165, 1.54) is 10.8 Å². The van der Waals surface area contributed by atoms with Crippen LogP contribution in [-0.4, -0.2) is 52.8 Å². The van der Waals surface area contributed by atoms with Crippen LogP contribution in [0.15, 0.2) is 17.1 Å². The van der Waals surface area contributed by atoms with Gasteiger partial charge in [-0.1, -0.05) is 0 Å². The SMILES string of the molecule is CN1C2CC[C@@H]1CCN(c1c(F)cc3c(=O)c(C(=O)O)cn(C4CC4)c3c1F)C2. The highest BCUT2D eigenvalue weighted by atomic mass is 19.1. The highest BCUT2D eigenvalue weighted by molar-refractivity contribution is 5.94. The highest BCUT2D eigenvalue weighted by Gasteiger charge is 2.37. The van der Waals surface area contributed by atoms with Gasteiger partial charge in [0, 0.05) is 37.4 Å². The predicted octanol–water partition coefficient (Wildman–Crippen LogP) is 2.99. The predicted molar refractivity (Wildman–Crippen MR) is 105 cm³/mol. The highest BCUT2D eigenvalue weighted by Crippen LogP contribution is 2.40. The van der Waals surface area contributed by atoms with Crippen molar-refractivity contribution >= 4 is 22.6 Å². The zero-order valence-electron chi connectivity index (χ0n) is 16.2. The second-order valence-electron chi connectivity index (χ2n) is 8.52. The monoisotopic (exact) mass is 403 g/mol. The Hall–Kier alpha value is -2.48. The number of aromatic carboxylic acids is 1. The van der Waals surface area contributed by atoms with Crippen LogP contribution in [0.25, 0.3) is 10.9 Å². The van der Waals surface area contributed by atoms with Crippen LogP contribution in [0.3, 0.4) is 0 Å².